The van der Waals surface area contributed by atoms with E-state index < -0.39 is 0 Å². The van der Waals surface area contributed by atoms with Crippen molar-refractivity contribution in [1.29, 1.82) is 0 Å². The Bertz CT molecular complexity index is 558. The Labute approximate surface area is 138 Å². The minimum absolute atomic E-state index is 0.559. The lowest BCUT2D eigenvalue weighted by Gasteiger charge is -2.31. The predicted octanol–water partition coefficient (Wildman–Crippen LogP) is 4.05. The molecule has 3 nitrogen and oxygen atoms in total. The van der Waals surface area contributed by atoms with Gasteiger partial charge in [-0.3, -0.25) is 4.84 Å². The topological polar surface area (TPSA) is 21.7 Å². The number of hydrogen-bond donors (Lipinski definition) is 0. The molecule has 1 fully saturated rings. The van der Waals surface area contributed by atoms with E-state index in [9.17, 15) is 0 Å². The highest BCUT2D eigenvalue weighted by molar-refractivity contribution is 5.14. The van der Waals surface area contributed by atoms with Crippen LogP contribution in [0.5, 0.6) is 0 Å². The molecule has 23 heavy (non-hydrogen) atoms. The zero-order valence-electron chi connectivity index (χ0n) is 13.6. The Balaban J connectivity index is 1.38. The first kappa shape index (κ1) is 16.2. The number of ether oxygens (including phenoxy) is 1. The Hall–Kier alpha value is -1.68. The van der Waals surface area contributed by atoms with Crippen LogP contribution in [0.25, 0.3) is 0 Å². The maximum atomic E-state index is 5.94. The largest absolute Gasteiger partial charge is 0.376 e. The summed E-state index contributed by atoms with van der Waals surface area (Å²) in [5, 5.41) is 2.10. The average molecular weight is 311 g/mol. The van der Waals surface area contributed by atoms with Gasteiger partial charge in [-0.2, -0.15) is 5.06 Å². The Kier molecular flexibility index (Phi) is 6.21. The molecule has 0 saturated carbocycles. The maximum absolute atomic E-state index is 5.94. The molecule has 0 spiro atoms. The molecular formula is C20H25NO2. The van der Waals surface area contributed by atoms with Crippen LogP contribution in [0, 0.1) is 5.92 Å². The third-order valence-electron chi connectivity index (χ3n) is 4.20. The van der Waals surface area contributed by atoms with Crippen LogP contribution in [0.15, 0.2) is 60.7 Å². The van der Waals surface area contributed by atoms with Crippen molar-refractivity contribution < 1.29 is 9.57 Å². The number of nitrogens with zero attached hydrogens (tertiary/aromatic N) is 1. The summed E-state index contributed by atoms with van der Waals surface area (Å²) in [6, 6.07) is 20.7. The van der Waals surface area contributed by atoms with Crippen LogP contribution in [-0.2, 0) is 22.8 Å². The first-order valence-corrected chi connectivity index (χ1v) is 8.43. The van der Waals surface area contributed by atoms with Crippen molar-refractivity contribution in [2.45, 2.75) is 26.1 Å². The molecule has 1 saturated heterocycles. The third-order valence-corrected chi connectivity index (χ3v) is 4.20. The molecule has 0 bridgehead atoms. The highest BCUT2D eigenvalue weighted by atomic mass is 16.7. The summed E-state index contributed by atoms with van der Waals surface area (Å²) in [6.07, 6.45) is 2.40. The van der Waals surface area contributed by atoms with Crippen molar-refractivity contribution in [3.63, 3.8) is 0 Å². The fourth-order valence-corrected chi connectivity index (χ4v) is 2.94. The van der Waals surface area contributed by atoms with Crippen LogP contribution in [0.1, 0.15) is 24.0 Å². The first-order chi connectivity index (χ1) is 11.4. The second-order valence-electron chi connectivity index (χ2n) is 6.16. The molecule has 0 aliphatic carbocycles. The van der Waals surface area contributed by atoms with Crippen molar-refractivity contribution in [3.8, 4) is 0 Å². The Morgan fingerprint density at radius 1 is 0.870 bits per heavy atom. The van der Waals surface area contributed by atoms with Crippen molar-refractivity contribution in [2.24, 2.45) is 5.92 Å². The van der Waals surface area contributed by atoms with E-state index in [1.165, 1.54) is 24.0 Å². The zero-order chi connectivity index (χ0) is 15.7. The van der Waals surface area contributed by atoms with Gasteiger partial charge in [0.15, 0.2) is 0 Å². The van der Waals surface area contributed by atoms with E-state index in [1.54, 1.807) is 0 Å². The lowest BCUT2D eigenvalue weighted by atomic mass is 10.0. The van der Waals surface area contributed by atoms with Crippen molar-refractivity contribution in [3.05, 3.63) is 71.8 Å². The van der Waals surface area contributed by atoms with Gasteiger partial charge in [0.25, 0.3) is 0 Å². The molecule has 122 valence electrons. The van der Waals surface area contributed by atoms with Gasteiger partial charge in [-0.05, 0) is 29.9 Å². The van der Waals surface area contributed by atoms with Crippen LogP contribution >= 0.6 is 0 Å². The zero-order valence-corrected chi connectivity index (χ0v) is 13.6. The van der Waals surface area contributed by atoms with Gasteiger partial charge >= 0.3 is 0 Å². The average Bonchev–Trinajstić information content (AvgIpc) is 2.62. The molecule has 0 radical (unpaired) electrons. The standard InChI is InChI=1S/C20H25NO2/c1-3-8-18(9-4-1)15-22-16-20-12-7-13-21(14-20)23-17-19-10-5-2-6-11-19/h1-6,8-11,20H,7,12-17H2. The van der Waals surface area contributed by atoms with Gasteiger partial charge in [0.1, 0.15) is 0 Å². The normalized spacial score (nSPS) is 18.9. The molecule has 1 atom stereocenters. The number of hydrogen-bond acceptors (Lipinski definition) is 3. The summed E-state index contributed by atoms with van der Waals surface area (Å²) in [4.78, 5) is 5.94. The molecule has 3 heteroatoms. The second-order valence-corrected chi connectivity index (χ2v) is 6.16. The number of benzene rings is 2. The van der Waals surface area contributed by atoms with Gasteiger partial charge < -0.3 is 4.74 Å². The number of piperidine rings is 1. The lowest BCUT2D eigenvalue weighted by molar-refractivity contribution is -0.191. The van der Waals surface area contributed by atoms with E-state index in [2.05, 4.69) is 53.6 Å². The molecular weight excluding hydrogens is 286 g/mol. The van der Waals surface area contributed by atoms with Crippen LogP contribution in [0.2, 0.25) is 0 Å². The summed E-state index contributed by atoms with van der Waals surface area (Å²) in [6.45, 7) is 4.13. The van der Waals surface area contributed by atoms with Crippen molar-refractivity contribution in [2.75, 3.05) is 19.7 Å². The van der Waals surface area contributed by atoms with Crippen molar-refractivity contribution >= 4 is 0 Å². The molecule has 1 heterocycles. The summed E-state index contributed by atoms with van der Waals surface area (Å²) in [5.74, 6) is 0.559. The van der Waals surface area contributed by atoms with Crippen LogP contribution in [0.3, 0.4) is 0 Å². The summed E-state index contributed by atoms with van der Waals surface area (Å²) < 4.78 is 5.89. The molecule has 1 unspecified atom stereocenters. The lowest BCUT2D eigenvalue weighted by Crippen LogP contribution is -2.37. The van der Waals surface area contributed by atoms with Gasteiger partial charge in [0, 0.05) is 13.1 Å². The molecule has 2 aromatic carbocycles. The van der Waals surface area contributed by atoms with E-state index >= 15 is 0 Å². The predicted molar refractivity (Wildman–Crippen MR) is 91.6 cm³/mol. The Morgan fingerprint density at radius 3 is 2.22 bits per heavy atom. The van der Waals surface area contributed by atoms with E-state index in [1.807, 2.05) is 12.1 Å². The molecule has 0 aromatic heterocycles. The van der Waals surface area contributed by atoms with Gasteiger partial charge in [-0.1, -0.05) is 60.7 Å². The maximum Gasteiger partial charge on any atom is 0.0935 e. The molecule has 1 aliphatic heterocycles. The summed E-state index contributed by atoms with van der Waals surface area (Å²) in [5.41, 5.74) is 2.45. The molecule has 1 aliphatic rings. The van der Waals surface area contributed by atoms with E-state index in [0.717, 1.165) is 19.7 Å². The third kappa shape index (κ3) is 5.47. The fraction of sp³-hybridized carbons (Fsp3) is 0.400. The summed E-state index contributed by atoms with van der Waals surface area (Å²) in [7, 11) is 0. The van der Waals surface area contributed by atoms with E-state index in [0.29, 0.717) is 19.1 Å². The monoisotopic (exact) mass is 311 g/mol. The van der Waals surface area contributed by atoms with E-state index in [4.69, 9.17) is 9.57 Å². The number of rotatable bonds is 7. The second kappa shape index (κ2) is 8.82. The van der Waals surface area contributed by atoms with Gasteiger partial charge in [0.2, 0.25) is 0 Å². The highest BCUT2D eigenvalue weighted by Crippen LogP contribution is 2.18. The molecule has 0 N–H and O–H groups in total. The SMILES string of the molecule is c1ccc(COCC2CCCN(OCc3ccccc3)C2)cc1. The molecule has 2 aromatic rings. The minimum Gasteiger partial charge on any atom is -0.376 e. The van der Waals surface area contributed by atoms with Gasteiger partial charge in [-0.25, -0.2) is 0 Å². The quantitative estimate of drug-likeness (QED) is 0.770. The fourth-order valence-electron chi connectivity index (χ4n) is 2.94. The summed E-state index contributed by atoms with van der Waals surface area (Å²) >= 11 is 0. The van der Waals surface area contributed by atoms with Gasteiger partial charge in [-0.15, -0.1) is 0 Å². The van der Waals surface area contributed by atoms with Crippen LogP contribution in [-0.4, -0.2) is 24.8 Å². The first-order valence-electron chi connectivity index (χ1n) is 8.43. The van der Waals surface area contributed by atoms with Crippen molar-refractivity contribution in [1.82, 2.24) is 5.06 Å². The van der Waals surface area contributed by atoms with Crippen LogP contribution in [0.4, 0.5) is 0 Å². The minimum atomic E-state index is 0.559. The molecule has 3 rings (SSSR count). The Morgan fingerprint density at radius 2 is 1.52 bits per heavy atom. The highest BCUT2D eigenvalue weighted by Gasteiger charge is 2.20. The molecule has 0 amide bonds. The van der Waals surface area contributed by atoms with E-state index in [-0.39, 0.29) is 0 Å². The smallest absolute Gasteiger partial charge is 0.0935 e. The van der Waals surface area contributed by atoms with Gasteiger partial charge in [0.05, 0.1) is 19.8 Å². The number of hydroxylamine groups is 2. The van der Waals surface area contributed by atoms with Crippen LogP contribution < -0.4 is 0 Å².